The molecular weight excluding hydrogens is 394 g/mol. The Kier molecular flexibility index (Phi) is 7.87. The van der Waals surface area contributed by atoms with Crippen LogP contribution in [0.25, 0.3) is 0 Å². The number of benzene rings is 2. The van der Waals surface area contributed by atoms with E-state index in [1.807, 2.05) is 35.2 Å². The number of anilines is 2. The lowest BCUT2D eigenvalue weighted by atomic mass is 10.1. The first-order chi connectivity index (χ1) is 15.1. The highest BCUT2D eigenvalue weighted by Crippen LogP contribution is 2.34. The molecule has 7 heteroatoms. The fourth-order valence-corrected chi connectivity index (χ4v) is 3.75. The number of amides is 2. The van der Waals surface area contributed by atoms with Crippen LogP contribution in [-0.2, 0) is 6.54 Å². The lowest BCUT2D eigenvalue weighted by molar-refractivity contribution is 0.192. The van der Waals surface area contributed by atoms with Crippen LogP contribution in [0.4, 0.5) is 16.2 Å². The van der Waals surface area contributed by atoms with Crippen molar-refractivity contribution in [1.29, 1.82) is 0 Å². The SMILES string of the molecule is CCCCCOc1cc(N2CCCN(Cc3ccc(N)cc3OC)C2=O)ccc1OC. The van der Waals surface area contributed by atoms with Crippen molar-refractivity contribution < 1.29 is 19.0 Å². The normalized spacial score (nSPS) is 14.0. The number of carbonyl (C=O) groups is 1. The maximum Gasteiger partial charge on any atom is 0.324 e. The van der Waals surface area contributed by atoms with E-state index < -0.39 is 0 Å². The summed E-state index contributed by atoms with van der Waals surface area (Å²) < 4.78 is 16.8. The van der Waals surface area contributed by atoms with Gasteiger partial charge in [-0.1, -0.05) is 25.8 Å². The van der Waals surface area contributed by atoms with Gasteiger partial charge in [-0.05, 0) is 31.0 Å². The summed E-state index contributed by atoms with van der Waals surface area (Å²) in [6.07, 6.45) is 4.12. The first kappa shape index (κ1) is 22.6. The first-order valence-electron chi connectivity index (χ1n) is 10.9. The Labute approximate surface area is 184 Å². The fourth-order valence-electron chi connectivity index (χ4n) is 3.75. The smallest absolute Gasteiger partial charge is 0.324 e. The minimum absolute atomic E-state index is 0.0350. The van der Waals surface area contributed by atoms with Crippen LogP contribution in [0.3, 0.4) is 0 Å². The second kappa shape index (κ2) is 10.8. The molecule has 31 heavy (non-hydrogen) atoms. The third-order valence-corrected chi connectivity index (χ3v) is 5.45. The number of urea groups is 1. The van der Waals surface area contributed by atoms with Gasteiger partial charge >= 0.3 is 6.03 Å². The number of nitrogen functional groups attached to an aromatic ring is 1. The molecule has 1 aliphatic rings. The van der Waals surface area contributed by atoms with Gasteiger partial charge in [-0.25, -0.2) is 4.79 Å². The maximum absolute atomic E-state index is 13.3. The Hall–Kier alpha value is -3.09. The predicted molar refractivity (Wildman–Crippen MR) is 123 cm³/mol. The zero-order valence-electron chi connectivity index (χ0n) is 18.7. The second-order valence-electron chi connectivity index (χ2n) is 7.67. The van der Waals surface area contributed by atoms with E-state index in [0.717, 1.165) is 36.9 Å². The monoisotopic (exact) mass is 427 g/mol. The molecule has 7 nitrogen and oxygen atoms in total. The van der Waals surface area contributed by atoms with E-state index in [9.17, 15) is 4.79 Å². The van der Waals surface area contributed by atoms with Crippen LogP contribution in [0, 0.1) is 0 Å². The van der Waals surface area contributed by atoms with Gasteiger partial charge in [-0.15, -0.1) is 0 Å². The summed E-state index contributed by atoms with van der Waals surface area (Å²) in [6.45, 7) is 4.62. The molecule has 1 heterocycles. The van der Waals surface area contributed by atoms with Crippen molar-refractivity contribution >= 4 is 17.4 Å². The molecule has 0 atom stereocenters. The summed E-state index contributed by atoms with van der Waals surface area (Å²) in [5, 5.41) is 0. The van der Waals surface area contributed by atoms with Crippen molar-refractivity contribution in [2.75, 3.05) is 44.5 Å². The molecule has 2 aromatic rings. The first-order valence-corrected chi connectivity index (χ1v) is 10.9. The molecular formula is C24H33N3O4. The highest BCUT2D eigenvalue weighted by Gasteiger charge is 2.28. The number of unbranched alkanes of at least 4 members (excludes halogenated alkanes) is 2. The van der Waals surface area contributed by atoms with Gasteiger partial charge in [0.2, 0.25) is 0 Å². The minimum Gasteiger partial charge on any atom is -0.496 e. The van der Waals surface area contributed by atoms with Gasteiger partial charge in [0.05, 0.1) is 27.4 Å². The third-order valence-electron chi connectivity index (χ3n) is 5.45. The highest BCUT2D eigenvalue weighted by atomic mass is 16.5. The fraction of sp³-hybridized carbons (Fsp3) is 0.458. The Morgan fingerprint density at radius 3 is 2.52 bits per heavy atom. The molecule has 2 aromatic carbocycles. The van der Waals surface area contributed by atoms with Crippen LogP contribution in [0.5, 0.6) is 17.2 Å². The van der Waals surface area contributed by atoms with Gasteiger partial charge in [0.25, 0.3) is 0 Å². The topological polar surface area (TPSA) is 77.3 Å². The van der Waals surface area contributed by atoms with Crippen LogP contribution < -0.4 is 24.8 Å². The van der Waals surface area contributed by atoms with Crippen LogP contribution >= 0.6 is 0 Å². The lowest BCUT2D eigenvalue weighted by Crippen LogP contribution is -2.49. The second-order valence-corrected chi connectivity index (χ2v) is 7.67. The average Bonchev–Trinajstić information content (AvgIpc) is 2.79. The number of methoxy groups -OCH3 is 2. The Morgan fingerprint density at radius 1 is 0.968 bits per heavy atom. The summed E-state index contributed by atoms with van der Waals surface area (Å²) in [4.78, 5) is 16.9. The summed E-state index contributed by atoms with van der Waals surface area (Å²) in [5.41, 5.74) is 8.24. The van der Waals surface area contributed by atoms with Crippen molar-refractivity contribution in [2.24, 2.45) is 0 Å². The lowest BCUT2D eigenvalue weighted by Gasteiger charge is -2.36. The van der Waals surface area contributed by atoms with E-state index in [-0.39, 0.29) is 6.03 Å². The summed E-state index contributed by atoms with van der Waals surface area (Å²) in [6, 6.07) is 11.2. The van der Waals surface area contributed by atoms with E-state index >= 15 is 0 Å². The Bertz CT molecular complexity index is 887. The standard InChI is InChI=1S/C24H33N3O4/c1-4-5-6-14-31-23-16-20(10-11-21(23)29-2)27-13-7-12-26(24(27)28)17-18-8-9-19(25)15-22(18)30-3/h8-11,15-16H,4-7,12-14,17,25H2,1-3H3. The zero-order chi connectivity index (χ0) is 22.2. The van der Waals surface area contributed by atoms with Crippen LogP contribution in [0.15, 0.2) is 36.4 Å². The molecule has 0 unspecified atom stereocenters. The van der Waals surface area contributed by atoms with Crippen molar-refractivity contribution in [3.05, 3.63) is 42.0 Å². The van der Waals surface area contributed by atoms with Gasteiger partial charge in [0, 0.05) is 42.2 Å². The Balaban J connectivity index is 1.76. The number of ether oxygens (including phenoxy) is 3. The van der Waals surface area contributed by atoms with E-state index in [1.165, 1.54) is 0 Å². The van der Waals surface area contributed by atoms with Crippen molar-refractivity contribution in [2.45, 2.75) is 39.2 Å². The molecule has 0 bridgehead atoms. The van der Waals surface area contributed by atoms with Crippen LogP contribution in [0.1, 0.15) is 38.2 Å². The largest absolute Gasteiger partial charge is 0.496 e. The van der Waals surface area contributed by atoms with Crippen LogP contribution in [-0.4, -0.2) is 44.8 Å². The van der Waals surface area contributed by atoms with Gasteiger partial charge in [-0.3, -0.25) is 4.90 Å². The van der Waals surface area contributed by atoms with Crippen molar-refractivity contribution in [1.82, 2.24) is 4.90 Å². The van der Waals surface area contributed by atoms with Crippen molar-refractivity contribution in [3.63, 3.8) is 0 Å². The van der Waals surface area contributed by atoms with E-state index in [2.05, 4.69) is 6.92 Å². The summed E-state index contributed by atoms with van der Waals surface area (Å²) >= 11 is 0. The number of hydrogen-bond acceptors (Lipinski definition) is 5. The molecule has 168 valence electrons. The Morgan fingerprint density at radius 2 is 1.77 bits per heavy atom. The number of rotatable bonds is 10. The van der Waals surface area contributed by atoms with E-state index in [1.54, 1.807) is 25.2 Å². The number of nitrogens with zero attached hydrogens (tertiary/aromatic N) is 2. The molecule has 0 aliphatic carbocycles. The van der Waals surface area contributed by atoms with Crippen molar-refractivity contribution in [3.8, 4) is 17.2 Å². The number of carbonyl (C=O) groups excluding carboxylic acids is 1. The number of hydrogen-bond donors (Lipinski definition) is 1. The minimum atomic E-state index is -0.0350. The molecule has 1 aliphatic heterocycles. The van der Waals surface area contributed by atoms with Gasteiger partial charge in [0.1, 0.15) is 5.75 Å². The maximum atomic E-state index is 13.3. The average molecular weight is 428 g/mol. The molecule has 2 amide bonds. The molecule has 0 radical (unpaired) electrons. The molecule has 0 aromatic heterocycles. The van der Waals surface area contributed by atoms with Gasteiger partial charge < -0.3 is 24.8 Å². The van der Waals surface area contributed by atoms with Gasteiger partial charge in [0.15, 0.2) is 11.5 Å². The quantitative estimate of drug-likeness (QED) is 0.440. The summed E-state index contributed by atoms with van der Waals surface area (Å²) in [5.74, 6) is 2.03. The molecule has 0 spiro atoms. The highest BCUT2D eigenvalue weighted by molar-refractivity contribution is 5.93. The summed E-state index contributed by atoms with van der Waals surface area (Å²) in [7, 11) is 3.24. The number of nitrogens with two attached hydrogens (primary N) is 1. The zero-order valence-corrected chi connectivity index (χ0v) is 18.7. The molecule has 3 rings (SSSR count). The molecule has 1 saturated heterocycles. The van der Waals surface area contributed by atoms with Crippen LogP contribution in [0.2, 0.25) is 0 Å². The van der Waals surface area contributed by atoms with Gasteiger partial charge in [-0.2, -0.15) is 0 Å². The third kappa shape index (κ3) is 5.54. The molecule has 2 N–H and O–H groups in total. The molecule has 1 fully saturated rings. The van der Waals surface area contributed by atoms with E-state index in [4.69, 9.17) is 19.9 Å². The van der Waals surface area contributed by atoms with E-state index in [0.29, 0.717) is 49.2 Å². The molecule has 0 saturated carbocycles. The predicted octanol–water partition coefficient (Wildman–Crippen LogP) is 4.69.